The van der Waals surface area contributed by atoms with Crippen LogP contribution in [-0.4, -0.2) is 101 Å². The Morgan fingerprint density at radius 2 is 1.77 bits per heavy atom. The zero-order valence-electron chi connectivity index (χ0n) is 30.2. The summed E-state index contributed by atoms with van der Waals surface area (Å²) >= 11 is 7.42. The van der Waals surface area contributed by atoms with Crippen molar-refractivity contribution in [1.82, 2.24) is 38.9 Å². The standard InChI is InChI=1S/C35H33ClF6N10O4S/c1-3-23-28(49-8-10-50(11-9-49)31(55)27-29(54)18(2)43-17-44-27)32(56)52-33(51(23)15-26(53)45-22-5-4-20(13-21(22)36)35(40,41)42)46-30(47-52)25-12-19-14-48(16-34(37,38)39)7-6-24(19)57-25/h4-5,12-13,17,54H,3,6-11,14-16H2,1-2H3,(H,45,53). The maximum Gasteiger partial charge on any atom is 0.416 e. The summed E-state index contributed by atoms with van der Waals surface area (Å²) in [6.45, 7) is 2.59. The molecule has 7 rings (SSSR count). The highest BCUT2D eigenvalue weighted by Crippen LogP contribution is 2.36. The number of aryl methyl sites for hydroxylation is 1. The molecule has 2 N–H and O–H groups in total. The van der Waals surface area contributed by atoms with E-state index in [4.69, 9.17) is 11.6 Å². The summed E-state index contributed by atoms with van der Waals surface area (Å²) in [5.74, 6) is -1.50. The second-order valence-corrected chi connectivity index (χ2v) is 15.0. The summed E-state index contributed by atoms with van der Waals surface area (Å²) in [4.78, 5) is 59.7. The van der Waals surface area contributed by atoms with Gasteiger partial charge in [-0.15, -0.1) is 16.4 Å². The van der Waals surface area contributed by atoms with E-state index in [0.717, 1.165) is 21.5 Å². The van der Waals surface area contributed by atoms with E-state index in [-0.39, 0.29) is 90.8 Å². The zero-order valence-corrected chi connectivity index (χ0v) is 31.8. The highest BCUT2D eigenvalue weighted by Gasteiger charge is 2.35. The Kier molecular flexibility index (Phi) is 10.7. The fraction of sp³-hybridized carbons (Fsp3) is 0.400. The van der Waals surface area contributed by atoms with Gasteiger partial charge < -0.3 is 24.8 Å². The van der Waals surface area contributed by atoms with Crippen LogP contribution in [0.2, 0.25) is 5.02 Å². The number of carbonyl (C=O) groups is 2. The molecule has 4 aromatic heterocycles. The third-order valence-corrected chi connectivity index (χ3v) is 11.2. The Morgan fingerprint density at radius 3 is 2.44 bits per heavy atom. The molecule has 2 aliphatic rings. The Morgan fingerprint density at radius 1 is 1.04 bits per heavy atom. The number of fused-ring (bicyclic) bond motifs is 2. The molecular formula is C35H33ClF6N10O4S. The topological polar surface area (TPSA) is 154 Å². The number of hydrogen-bond acceptors (Lipinski definition) is 11. The van der Waals surface area contributed by atoms with Gasteiger partial charge in [0.2, 0.25) is 11.7 Å². The first-order valence-electron chi connectivity index (χ1n) is 17.6. The predicted molar refractivity (Wildman–Crippen MR) is 197 cm³/mol. The zero-order chi connectivity index (χ0) is 41.0. The van der Waals surface area contributed by atoms with Crippen molar-refractivity contribution in [3.8, 4) is 16.5 Å². The molecule has 1 fully saturated rings. The Balaban J connectivity index is 1.24. The molecular weight excluding hydrogens is 806 g/mol. The second-order valence-electron chi connectivity index (χ2n) is 13.5. The lowest BCUT2D eigenvalue weighted by molar-refractivity contribution is -0.147. The van der Waals surface area contributed by atoms with Crippen molar-refractivity contribution in [2.45, 2.75) is 52.1 Å². The van der Waals surface area contributed by atoms with E-state index in [1.807, 2.05) is 0 Å². The number of hydrogen-bond donors (Lipinski definition) is 2. The average Bonchev–Trinajstić information content (AvgIpc) is 3.79. The van der Waals surface area contributed by atoms with E-state index in [9.17, 15) is 45.8 Å². The molecule has 57 heavy (non-hydrogen) atoms. The predicted octanol–water partition coefficient (Wildman–Crippen LogP) is 5.18. The molecule has 1 saturated heterocycles. The maximum atomic E-state index is 14.4. The van der Waals surface area contributed by atoms with Gasteiger partial charge in [-0.3, -0.25) is 19.3 Å². The van der Waals surface area contributed by atoms with Crippen LogP contribution in [0.5, 0.6) is 5.75 Å². The summed E-state index contributed by atoms with van der Waals surface area (Å²) in [5.41, 5.74) is -0.370. The number of rotatable bonds is 8. The van der Waals surface area contributed by atoms with Crippen molar-refractivity contribution in [3.05, 3.63) is 79.1 Å². The highest BCUT2D eigenvalue weighted by atomic mass is 35.5. The van der Waals surface area contributed by atoms with Gasteiger partial charge in [0, 0.05) is 44.1 Å². The van der Waals surface area contributed by atoms with E-state index < -0.39 is 48.4 Å². The molecule has 0 unspecified atom stereocenters. The number of benzene rings is 1. The number of nitrogens with one attached hydrogen (secondary N) is 1. The van der Waals surface area contributed by atoms with Gasteiger partial charge in [-0.1, -0.05) is 18.5 Å². The molecule has 5 aromatic rings. The lowest BCUT2D eigenvalue weighted by Crippen LogP contribution is -2.51. The lowest BCUT2D eigenvalue weighted by atomic mass is 10.1. The van der Waals surface area contributed by atoms with Crippen LogP contribution in [0, 0.1) is 6.92 Å². The number of aromatic nitrogens is 6. The van der Waals surface area contributed by atoms with Gasteiger partial charge in [0.15, 0.2) is 17.3 Å². The molecule has 0 saturated carbocycles. The second kappa shape index (κ2) is 15.2. The van der Waals surface area contributed by atoms with Crippen LogP contribution in [0.25, 0.3) is 16.5 Å². The van der Waals surface area contributed by atoms with Gasteiger partial charge in [-0.25, -0.2) is 9.97 Å². The van der Waals surface area contributed by atoms with Gasteiger partial charge in [0.05, 0.1) is 39.1 Å². The monoisotopic (exact) mass is 838 g/mol. The molecule has 22 heteroatoms. The number of anilines is 2. The first-order valence-corrected chi connectivity index (χ1v) is 18.8. The molecule has 0 spiro atoms. The van der Waals surface area contributed by atoms with Gasteiger partial charge >= 0.3 is 12.4 Å². The van der Waals surface area contributed by atoms with Crippen LogP contribution in [0.3, 0.4) is 0 Å². The van der Waals surface area contributed by atoms with Crippen molar-refractivity contribution >= 4 is 51.9 Å². The van der Waals surface area contributed by atoms with Gasteiger partial charge in [-0.2, -0.15) is 35.8 Å². The van der Waals surface area contributed by atoms with Crippen molar-refractivity contribution in [2.75, 3.05) is 49.5 Å². The van der Waals surface area contributed by atoms with E-state index in [1.165, 1.54) is 39.0 Å². The Bertz CT molecular complexity index is 2440. The lowest BCUT2D eigenvalue weighted by Gasteiger charge is -2.36. The first kappa shape index (κ1) is 39.9. The summed E-state index contributed by atoms with van der Waals surface area (Å²) in [5, 5.41) is 17.1. The summed E-state index contributed by atoms with van der Waals surface area (Å²) in [6, 6.07) is 4.19. The normalized spacial score (nSPS) is 15.3. The molecule has 1 aromatic carbocycles. The largest absolute Gasteiger partial charge is 0.504 e. The minimum Gasteiger partial charge on any atom is -0.504 e. The molecule has 0 atom stereocenters. The number of aromatic hydroxyl groups is 1. The fourth-order valence-corrected chi connectivity index (χ4v) is 8.28. The summed E-state index contributed by atoms with van der Waals surface area (Å²) in [6.07, 6.45) is -7.28. The van der Waals surface area contributed by atoms with E-state index in [1.54, 1.807) is 17.9 Å². The van der Waals surface area contributed by atoms with Crippen molar-refractivity contribution < 1.29 is 41.0 Å². The third kappa shape index (κ3) is 8.13. The minimum atomic E-state index is -4.66. The number of amides is 2. The fourth-order valence-electron chi connectivity index (χ4n) is 6.96. The molecule has 0 radical (unpaired) electrons. The van der Waals surface area contributed by atoms with Gasteiger partial charge in [0.1, 0.15) is 18.6 Å². The van der Waals surface area contributed by atoms with Crippen LogP contribution >= 0.6 is 22.9 Å². The average molecular weight is 839 g/mol. The van der Waals surface area contributed by atoms with Crippen molar-refractivity contribution in [1.29, 1.82) is 0 Å². The Labute approximate surface area is 328 Å². The molecule has 0 aliphatic carbocycles. The molecule has 2 amide bonds. The number of thiophene rings is 1. The molecule has 302 valence electrons. The van der Waals surface area contributed by atoms with E-state index >= 15 is 0 Å². The van der Waals surface area contributed by atoms with Crippen LogP contribution in [-0.2, 0) is 36.9 Å². The van der Waals surface area contributed by atoms with Crippen molar-refractivity contribution in [3.63, 3.8) is 0 Å². The van der Waals surface area contributed by atoms with Gasteiger partial charge in [-0.05, 0) is 49.6 Å². The number of carbonyl (C=O) groups excluding carboxylic acids is 2. The molecule has 2 aliphatic heterocycles. The smallest absolute Gasteiger partial charge is 0.416 e. The van der Waals surface area contributed by atoms with Crippen LogP contribution in [0.4, 0.5) is 37.7 Å². The molecule has 14 nitrogen and oxygen atoms in total. The van der Waals surface area contributed by atoms with Gasteiger partial charge in [0.25, 0.3) is 11.5 Å². The maximum absolute atomic E-state index is 14.4. The number of alkyl halides is 6. The Hall–Kier alpha value is -5.28. The van der Waals surface area contributed by atoms with Crippen LogP contribution in [0.1, 0.15) is 44.8 Å². The molecule has 6 heterocycles. The minimum absolute atomic E-state index is 0.0299. The summed E-state index contributed by atoms with van der Waals surface area (Å²) in [7, 11) is 0. The van der Waals surface area contributed by atoms with Crippen LogP contribution < -0.4 is 15.8 Å². The highest BCUT2D eigenvalue weighted by molar-refractivity contribution is 7.15. The quantitative estimate of drug-likeness (QED) is 0.200. The number of piperazine rings is 1. The third-order valence-electron chi connectivity index (χ3n) is 9.69. The number of halogens is 7. The SMILES string of the molecule is CCc1c(N2CCN(C(=O)c3ncnc(C)c3O)CC2)c(=O)n2nc(-c3cc4c(s3)CCN(CC(F)(F)F)C4)nc2n1CC(=O)Nc1ccc(C(F)(F)F)cc1Cl. The van der Waals surface area contributed by atoms with E-state index in [0.29, 0.717) is 28.6 Å². The number of nitrogens with zero attached hydrogens (tertiary/aromatic N) is 9. The summed E-state index contributed by atoms with van der Waals surface area (Å²) < 4.78 is 81.8. The first-order chi connectivity index (χ1) is 26.9. The van der Waals surface area contributed by atoms with Crippen LogP contribution in [0.15, 0.2) is 35.4 Å². The van der Waals surface area contributed by atoms with Crippen molar-refractivity contribution in [2.24, 2.45) is 0 Å². The molecule has 0 bridgehead atoms. The van der Waals surface area contributed by atoms with E-state index in [2.05, 4.69) is 25.4 Å².